The molecule has 0 aliphatic carbocycles. The Bertz CT molecular complexity index is 1490. The van der Waals surface area contributed by atoms with Gasteiger partial charge in [-0.1, -0.05) is 76.4 Å². The monoisotopic (exact) mass is 971 g/mol. The van der Waals surface area contributed by atoms with E-state index in [1.807, 2.05) is 0 Å². The summed E-state index contributed by atoms with van der Waals surface area (Å²) in [6.07, 6.45) is 12.3. The van der Waals surface area contributed by atoms with Crippen molar-refractivity contribution >= 4 is 47.6 Å². The average molecular weight is 971 g/mol. The molecule has 0 aromatic heterocycles. The van der Waals surface area contributed by atoms with Crippen LogP contribution in [0.15, 0.2) is 12.2 Å². The Hall–Kier alpha value is -4.66. The van der Waals surface area contributed by atoms with Crippen LogP contribution >= 0.6 is 0 Å². The molecule has 20 heteroatoms. The van der Waals surface area contributed by atoms with Gasteiger partial charge in [-0.2, -0.15) is 0 Å². The molecule has 388 valence electrons. The first kappa shape index (κ1) is 59.5. The van der Waals surface area contributed by atoms with Gasteiger partial charge in [-0.15, -0.1) is 0 Å². The number of nitrogens with one attached hydrogen (secondary N) is 2. The van der Waals surface area contributed by atoms with Gasteiger partial charge in [-0.05, 0) is 38.5 Å². The molecule has 10 atom stereocenters. The minimum Gasteiger partial charge on any atom is -0.463 e. The Morgan fingerprint density at radius 2 is 0.691 bits per heavy atom. The smallest absolute Gasteiger partial charge is 0.303 e. The van der Waals surface area contributed by atoms with E-state index in [-0.39, 0.29) is 13.2 Å². The standard InChI is InChI=1S/C48H78N2O18/c1-31(51)49-41-45(65-37(7)57)43(63-35(5)55)39(29-61-33(3)53)67-47(41)59-27-25-23-21-19-17-15-13-11-9-10-12-14-16-18-20-22-24-26-28-60-48-42(50-32(2)52)46(66-38(8)58)44(64-36(6)56)40(68-48)30-62-34(4)54/h9-10,39-48H,11-30H2,1-8H3,(H,49,51)(H,50,52)/b10-9+/t39-,40-,41-,42-,43-,44-,45-,46-,47-,48-/m1/s1. The summed E-state index contributed by atoms with van der Waals surface area (Å²) in [7, 11) is 0. The summed E-state index contributed by atoms with van der Waals surface area (Å²) in [5.41, 5.74) is 0. The first-order valence-corrected chi connectivity index (χ1v) is 24.1. The summed E-state index contributed by atoms with van der Waals surface area (Å²) in [5.74, 6) is -4.65. The normalized spacial score (nSPS) is 24.6. The van der Waals surface area contributed by atoms with Gasteiger partial charge in [-0.3, -0.25) is 38.4 Å². The van der Waals surface area contributed by atoms with Gasteiger partial charge in [0.2, 0.25) is 11.8 Å². The molecule has 0 aromatic carbocycles. The molecule has 2 amide bonds. The molecule has 0 aromatic rings. The first-order valence-electron chi connectivity index (χ1n) is 24.1. The number of amides is 2. The Balaban J connectivity index is 1.61. The number of carbonyl (C=O) groups is 8. The predicted molar refractivity (Wildman–Crippen MR) is 243 cm³/mol. The van der Waals surface area contributed by atoms with Crippen LogP contribution in [0.4, 0.5) is 0 Å². The van der Waals surface area contributed by atoms with Crippen molar-refractivity contribution in [1.82, 2.24) is 10.6 Å². The SMILES string of the molecule is CC(=O)N[C@H]1[C@H](OCCCCCCCCC/C=C/CCCCCCCCCO[C@@H]2O[C@H](COC(C)=O)[C@@H](OC(C)=O)[C@H](OC(C)=O)[C@H]2NC(C)=O)O[C@H](COC(C)=O)[C@@H](OC(C)=O)[C@@H]1OC(C)=O. The molecule has 2 aliphatic rings. The van der Waals surface area contributed by atoms with E-state index in [0.717, 1.165) is 103 Å². The summed E-state index contributed by atoms with van der Waals surface area (Å²) in [4.78, 5) is 95.3. The van der Waals surface area contributed by atoms with E-state index in [4.69, 9.17) is 47.4 Å². The van der Waals surface area contributed by atoms with Crippen LogP contribution in [0.3, 0.4) is 0 Å². The van der Waals surface area contributed by atoms with Crippen molar-refractivity contribution in [2.75, 3.05) is 26.4 Å². The fourth-order valence-corrected chi connectivity index (χ4v) is 8.00. The summed E-state index contributed by atoms with van der Waals surface area (Å²) in [6, 6.07) is -1.95. The van der Waals surface area contributed by atoms with Gasteiger partial charge >= 0.3 is 35.8 Å². The van der Waals surface area contributed by atoms with Gasteiger partial charge in [0.05, 0.1) is 0 Å². The van der Waals surface area contributed by atoms with Crippen molar-refractivity contribution in [3.63, 3.8) is 0 Å². The highest BCUT2D eigenvalue weighted by Gasteiger charge is 2.52. The van der Waals surface area contributed by atoms with Gasteiger partial charge in [0.15, 0.2) is 37.0 Å². The second-order valence-electron chi connectivity index (χ2n) is 17.2. The number of hydrogen-bond acceptors (Lipinski definition) is 18. The molecule has 0 saturated carbocycles. The zero-order valence-electron chi connectivity index (χ0n) is 41.4. The topological polar surface area (TPSA) is 253 Å². The molecule has 2 aliphatic heterocycles. The first-order chi connectivity index (χ1) is 32.4. The Kier molecular flexibility index (Phi) is 29.5. The number of ether oxygens (including phenoxy) is 10. The van der Waals surface area contributed by atoms with Crippen molar-refractivity contribution in [2.24, 2.45) is 0 Å². The van der Waals surface area contributed by atoms with E-state index in [9.17, 15) is 38.4 Å². The van der Waals surface area contributed by atoms with E-state index in [0.29, 0.717) is 13.2 Å². The fourth-order valence-electron chi connectivity index (χ4n) is 8.00. The third-order valence-corrected chi connectivity index (χ3v) is 10.9. The van der Waals surface area contributed by atoms with Gasteiger partial charge < -0.3 is 58.0 Å². The van der Waals surface area contributed by atoms with Crippen LogP contribution in [0.25, 0.3) is 0 Å². The molecule has 0 spiro atoms. The van der Waals surface area contributed by atoms with Gasteiger partial charge in [0, 0.05) is 68.6 Å². The van der Waals surface area contributed by atoms with Crippen LogP contribution in [0.1, 0.15) is 158 Å². The van der Waals surface area contributed by atoms with E-state index in [1.165, 1.54) is 55.4 Å². The van der Waals surface area contributed by atoms with E-state index < -0.39 is 109 Å². The molecule has 2 fully saturated rings. The zero-order chi connectivity index (χ0) is 50.4. The molecular formula is C48H78N2O18. The quantitative estimate of drug-likeness (QED) is 0.0384. The highest BCUT2D eigenvalue weighted by atomic mass is 16.7. The lowest BCUT2D eigenvalue weighted by Crippen LogP contribution is -2.66. The molecule has 0 unspecified atom stereocenters. The third kappa shape index (κ3) is 25.1. The molecular weight excluding hydrogens is 893 g/mol. The molecule has 2 rings (SSSR count). The minimum absolute atomic E-state index is 0.278. The molecule has 2 N–H and O–H groups in total. The molecule has 68 heavy (non-hydrogen) atoms. The summed E-state index contributed by atoms with van der Waals surface area (Å²) < 4.78 is 56.3. The highest BCUT2D eigenvalue weighted by molar-refractivity contribution is 5.74. The van der Waals surface area contributed by atoms with Crippen molar-refractivity contribution in [3.8, 4) is 0 Å². The van der Waals surface area contributed by atoms with Crippen LogP contribution in [0.2, 0.25) is 0 Å². The lowest BCUT2D eigenvalue weighted by Gasteiger charge is -2.44. The summed E-state index contributed by atoms with van der Waals surface area (Å²) >= 11 is 0. The lowest BCUT2D eigenvalue weighted by atomic mass is 9.96. The number of carbonyl (C=O) groups excluding carboxylic acids is 8. The largest absolute Gasteiger partial charge is 0.463 e. The van der Waals surface area contributed by atoms with Crippen LogP contribution in [-0.4, -0.2) is 135 Å². The van der Waals surface area contributed by atoms with E-state index in [2.05, 4.69) is 22.8 Å². The van der Waals surface area contributed by atoms with Crippen LogP contribution in [0.5, 0.6) is 0 Å². The van der Waals surface area contributed by atoms with Crippen LogP contribution < -0.4 is 10.6 Å². The number of allylic oxidation sites excluding steroid dienone is 2. The number of rotatable bonds is 32. The van der Waals surface area contributed by atoms with E-state index in [1.54, 1.807) is 0 Å². The molecule has 2 heterocycles. The third-order valence-electron chi connectivity index (χ3n) is 10.9. The van der Waals surface area contributed by atoms with Gasteiger partial charge in [0.25, 0.3) is 0 Å². The highest BCUT2D eigenvalue weighted by Crippen LogP contribution is 2.30. The number of unbranched alkanes of at least 4 members (excludes halogenated alkanes) is 14. The summed E-state index contributed by atoms with van der Waals surface area (Å²) in [5, 5.41) is 5.41. The van der Waals surface area contributed by atoms with Crippen LogP contribution in [0, 0.1) is 0 Å². The van der Waals surface area contributed by atoms with Crippen LogP contribution in [-0.2, 0) is 85.7 Å². The molecule has 0 radical (unpaired) electrons. The Labute approximate surface area is 401 Å². The van der Waals surface area contributed by atoms with E-state index >= 15 is 0 Å². The molecule has 20 nitrogen and oxygen atoms in total. The second-order valence-corrected chi connectivity index (χ2v) is 17.2. The summed E-state index contributed by atoms with van der Waals surface area (Å²) in [6.45, 7) is 9.89. The number of esters is 6. The lowest BCUT2D eigenvalue weighted by molar-refractivity contribution is -0.277. The maximum absolute atomic E-state index is 12.1. The minimum atomic E-state index is -1.16. The molecule has 0 bridgehead atoms. The maximum Gasteiger partial charge on any atom is 0.303 e. The van der Waals surface area contributed by atoms with Crippen molar-refractivity contribution in [1.29, 1.82) is 0 Å². The fraction of sp³-hybridized carbons (Fsp3) is 0.792. The zero-order valence-corrected chi connectivity index (χ0v) is 41.4. The Morgan fingerprint density at radius 3 is 0.985 bits per heavy atom. The second kappa shape index (κ2) is 33.8. The average Bonchev–Trinajstić information content (AvgIpc) is 3.24. The van der Waals surface area contributed by atoms with Crippen molar-refractivity contribution < 1.29 is 85.7 Å². The van der Waals surface area contributed by atoms with Gasteiger partial charge in [-0.25, -0.2) is 0 Å². The maximum atomic E-state index is 12.1. The number of hydrogen-bond donors (Lipinski definition) is 2. The predicted octanol–water partition coefficient (Wildman–Crippen LogP) is 5.13. The van der Waals surface area contributed by atoms with Gasteiger partial charge in [0.1, 0.15) is 37.5 Å². The van der Waals surface area contributed by atoms with Crippen molar-refractivity contribution in [2.45, 2.75) is 219 Å². The Morgan fingerprint density at radius 1 is 0.397 bits per heavy atom. The van der Waals surface area contributed by atoms with Crippen molar-refractivity contribution in [3.05, 3.63) is 12.2 Å². The molecule has 2 saturated heterocycles.